The predicted octanol–water partition coefficient (Wildman–Crippen LogP) is 9.01. The van der Waals surface area contributed by atoms with E-state index in [0.717, 1.165) is 66.4 Å². The van der Waals surface area contributed by atoms with Crippen LogP contribution in [0.25, 0.3) is 11.1 Å². The summed E-state index contributed by atoms with van der Waals surface area (Å²) in [4.78, 5) is 40.6. The Morgan fingerprint density at radius 3 is 2.33 bits per heavy atom. The molecule has 7 rings (SSSR count). The quantitative estimate of drug-likeness (QED) is 0.0381. The zero-order valence-corrected chi connectivity index (χ0v) is 37.5. The number of hydrogen-bond acceptors (Lipinski definition) is 10. The molecule has 2 heterocycles. The molecule has 0 saturated heterocycles. The molecule has 1 atom stereocenters. The number of ether oxygens (including phenoxy) is 2. The van der Waals surface area contributed by atoms with Crippen molar-refractivity contribution in [3.05, 3.63) is 118 Å². The van der Waals surface area contributed by atoms with Crippen LogP contribution in [-0.2, 0) is 37.3 Å². The summed E-state index contributed by atoms with van der Waals surface area (Å²) in [5, 5.41) is 16.3. The maximum Gasteiger partial charge on any atom is 0.419 e. The maximum absolute atomic E-state index is 14.0. The van der Waals surface area contributed by atoms with Gasteiger partial charge >= 0.3 is 11.7 Å². The third-order valence-electron chi connectivity index (χ3n) is 13.2. The summed E-state index contributed by atoms with van der Waals surface area (Å²) in [6.45, 7) is 15.3. The highest BCUT2D eigenvalue weighted by molar-refractivity contribution is 6.74. The first kappa shape index (κ1) is 43.9. The van der Waals surface area contributed by atoms with E-state index in [-0.39, 0.29) is 34.7 Å². The standard InChI is InChI=1S/C48H60N4O8Si/c1-47(2,3)61(6,7)60-44(33-18-24-40(54)38(28-33)50-31-53)30-49-29-32-17-23-39-43(27-32)59-46(56)52(39)26-12-25-51(5)34-19-21-35(22-20-34)57-45(55)48(4)36-13-8-10-15-41(36)58-42-16-11-9-14-37(42)48/h8-11,13-18,23-24,27-28,31,34-35,44,49,54H,12,19-22,25-26,29-30H2,1-7H3,(H,50,53)/t34?,35?,44-/m0/s1. The highest BCUT2D eigenvalue weighted by Crippen LogP contribution is 2.49. The molecule has 0 bridgehead atoms. The number of aromatic nitrogens is 1. The molecule has 1 aromatic heterocycles. The minimum atomic E-state index is -2.20. The molecule has 1 aliphatic carbocycles. The van der Waals surface area contributed by atoms with Gasteiger partial charge in [0.2, 0.25) is 6.41 Å². The number of oxazole rings is 1. The highest BCUT2D eigenvalue weighted by Gasteiger charge is 2.47. The third kappa shape index (κ3) is 9.35. The van der Waals surface area contributed by atoms with Gasteiger partial charge in [-0.15, -0.1) is 0 Å². The number of benzene rings is 4. The lowest BCUT2D eigenvalue weighted by molar-refractivity contribution is -0.156. The van der Waals surface area contributed by atoms with E-state index in [1.807, 2.05) is 79.7 Å². The van der Waals surface area contributed by atoms with Crippen molar-refractivity contribution in [3.63, 3.8) is 0 Å². The molecule has 324 valence electrons. The molecule has 1 fully saturated rings. The SMILES string of the molecule is CN(CCCn1c(=O)oc2cc(CNC[C@H](O[Si](C)(C)C(C)(C)C)c3ccc(O)c(NC=O)c3)ccc21)C1CCC(OC(=O)C2(C)c3ccccc3Oc3ccccc32)CC1. The van der Waals surface area contributed by atoms with Crippen molar-refractivity contribution < 1.29 is 33.0 Å². The number of aryl methyl sites for hydroxylation is 1. The van der Waals surface area contributed by atoms with E-state index in [2.05, 4.69) is 56.4 Å². The predicted molar refractivity (Wildman–Crippen MR) is 240 cm³/mol. The zero-order valence-electron chi connectivity index (χ0n) is 36.5. The van der Waals surface area contributed by atoms with Crippen LogP contribution >= 0.6 is 0 Å². The molecule has 1 saturated carbocycles. The number of esters is 1. The second-order valence-corrected chi connectivity index (χ2v) is 23.0. The van der Waals surface area contributed by atoms with Crippen molar-refractivity contribution >= 4 is 37.5 Å². The van der Waals surface area contributed by atoms with Gasteiger partial charge in [0.25, 0.3) is 0 Å². The van der Waals surface area contributed by atoms with Crippen LogP contribution in [0.3, 0.4) is 0 Å². The number of amides is 1. The van der Waals surface area contributed by atoms with E-state index in [1.165, 1.54) is 0 Å². The Balaban J connectivity index is 0.912. The van der Waals surface area contributed by atoms with Crippen LogP contribution in [0.15, 0.2) is 94.1 Å². The van der Waals surface area contributed by atoms with Crippen LogP contribution in [0.4, 0.5) is 5.69 Å². The molecular formula is C48H60N4O8Si. The van der Waals surface area contributed by atoms with Crippen LogP contribution in [0, 0.1) is 0 Å². The van der Waals surface area contributed by atoms with Crippen molar-refractivity contribution in [2.45, 2.75) is 115 Å². The lowest BCUT2D eigenvalue weighted by atomic mass is 9.74. The highest BCUT2D eigenvalue weighted by atomic mass is 28.4. The van der Waals surface area contributed by atoms with Crippen LogP contribution in [0.1, 0.15) is 88.2 Å². The largest absolute Gasteiger partial charge is 0.506 e. The molecule has 0 radical (unpaired) electrons. The number of phenols is 1. The molecule has 1 amide bonds. The molecule has 13 heteroatoms. The van der Waals surface area contributed by atoms with E-state index in [4.69, 9.17) is 18.3 Å². The first-order chi connectivity index (χ1) is 29.1. The number of phenolic OH excluding ortho intramolecular Hbond substituents is 1. The second kappa shape index (κ2) is 18.0. The van der Waals surface area contributed by atoms with Gasteiger partial charge in [-0.25, -0.2) is 4.79 Å². The van der Waals surface area contributed by atoms with Gasteiger partial charge in [0.15, 0.2) is 13.9 Å². The Morgan fingerprint density at radius 2 is 1.67 bits per heavy atom. The maximum atomic E-state index is 14.0. The Labute approximate surface area is 359 Å². The average molecular weight is 849 g/mol. The van der Waals surface area contributed by atoms with Crippen LogP contribution < -0.4 is 21.1 Å². The summed E-state index contributed by atoms with van der Waals surface area (Å²) in [7, 11) is -0.0666. The Bertz CT molecular complexity index is 2370. The molecule has 12 nitrogen and oxygen atoms in total. The zero-order chi connectivity index (χ0) is 43.5. The van der Waals surface area contributed by atoms with Crippen LogP contribution in [-0.4, -0.2) is 67.6 Å². The minimum Gasteiger partial charge on any atom is -0.506 e. The number of aromatic hydroxyl groups is 1. The first-order valence-electron chi connectivity index (χ1n) is 21.4. The molecule has 3 N–H and O–H groups in total. The molecule has 1 aliphatic heterocycles. The monoisotopic (exact) mass is 848 g/mol. The average Bonchev–Trinajstić information content (AvgIpc) is 3.54. The summed E-state index contributed by atoms with van der Waals surface area (Å²) < 4.78 is 26.7. The van der Waals surface area contributed by atoms with Crippen molar-refractivity contribution in [3.8, 4) is 17.2 Å². The number of fused-ring (bicyclic) bond motifs is 3. The molecular weight excluding hydrogens is 789 g/mol. The fourth-order valence-corrected chi connectivity index (χ4v) is 9.71. The fraction of sp³-hybridized carbons (Fsp3) is 0.438. The molecule has 5 aromatic rings. The summed E-state index contributed by atoms with van der Waals surface area (Å²) >= 11 is 0. The number of para-hydroxylation sites is 2. The lowest BCUT2D eigenvalue weighted by Crippen LogP contribution is -2.43. The summed E-state index contributed by atoms with van der Waals surface area (Å²) in [5.74, 6) is 0.733. The van der Waals surface area contributed by atoms with Gasteiger partial charge in [-0.2, -0.15) is 0 Å². The Morgan fingerprint density at radius 1 is 1.00 bits per heavy atom. The molecule has 2 aliphatic rings. The van der Waals surface area contributed by atoms with E-state index >= 15 is 0 Å². The first-order valence-corrected chi connectivity index (χ1v) is 24.3. The van der Waals surface area contributed by atoms with E-state index in [0.29, 0.717) is 54.9 Å². The van der Waals surface area contributed by atoms with E-state index in [9.17, 15) is 19.5 Å². The Kier molecular flexibility index (Phi) is 13.0. The number of hydrogen-bond donors (Lipinski definition) is 3. The van der Waals surface area contributed by atoms with Gasteiger partial charge in [-0.1, -0.05) is 69.3 Å². The minimum absolute atomic E-state index is 0.0114. The number of nitrogens with zero attached hydrogens (tertiary/aromatic N) is 2. The summed E-state index contributed by atoms with van der Waals surface area (Å²) in [5.41, 5.74) is 4.12. The van der Waals surface area contributed by atoms with Crippen LogP contribution in [0.5, 0.6) is 17.2 Å². The molecule has 61 heavy (non-hydrogen) atoms. The number of nitrogens with one attached hydrogen (secondary N) is 2. The van der Waals surface area contributed by atoms with Crippen molar-refractivity contribution in [2.75, 3.05) is 25.5 Å². The van der Waals surface area contributed by atoms with Gasteiger partial charge in [0, 0.05) is 36.8 Å². The topological polar surface area (TPSA) is 144 Å². The van der Waals surface area contributed by atoms with Gasteiger partial charge in [-0.3, -0.25) is 14.2 Å². The van der Waals surface area contributed by atoms with E-state index in [1.54, 1.807) is 16.7 Å². The van der Waals surface area contributed by atoms with Gasteiger partial charge < -0.3 is 39.0 Å². The molecule has 0 unspecified atom stereocenters. The molecule has 0 spiro atoms. The number of anilines is 1. The van der Waals surface area contributed by atoms with Gasteiger partial charge in [0.1, 0.15) is 28.8 Å². The fourth-order valence-electron chi connectivity index (χ4n) is 8.43. The van der Waals surface area contributed by atoms with Crippen LogP contribution in [0.2, 0.25) is 18.1 Å². The number of carbonyl (C=O) groups is 2. The normalized spacial score (nSPS) is 17.9. The molecule has 4 aromatic carbocycles. The van der Waals surface area contributed by atoms with Crippen molar-refractivity contribution in [1.29, 1.82) is 0 Å². The number of rotatable bonds is 16. The lowest BCUT2D eigenvalue weighted by Gasteiger charge is -2.39. The summed E-state index contributed by atoms with van der Waals surface area (Å²) in [6, 6.07) is 26.8. The van der Waals surface area contributed by atoms with Gasteiger partial charge in [0.05, 0.1) is 17.3 Å². The van der Waals surface area contributed by atoms with E-state index < -0.39 is 13.7 Å². The smallest absolute Gasteiger partial charge is 0.419 e. The van der Waals surface area contributed by atoms with Crippen molar-refractivity contribution in [2.24, 2.45) is 0 Å². The summed E-state index contributed by atoms with van der Waals surface area (Å²) in [6.07, 6.45) is 4.27. The van der Waals surface area contributed by atoms with Gasteiger partial charge in [-0.05, 0) is 118 Å². The number of carbonyl (C=O) groups excluding carboxylic acids is 2. The second-order valence-electron chi connectivity index (χ2n) is 18.2. The third-order valence-corrected chi connectivity index (χ3v) is 17.6. The van der Waals surface area contributed by atoms with Crippen molar-refractivity contribution in [1.82, 2.24) is 14.8 Å². The Hall–Kier alpha value is -5.21.